The van der Waals surface area contributed by atoms with Gasteiger partial charge in [0.05, 0.1) is 18.2 Å². The number of hydrogen-bond donors (Lipinski definition) is 1. The Morgan fingerprint density at radius 2 is 1.73 bits per heavy atom. The first kappa shape index (κ1) is 18.3. The van der Waals surface area contributed by atoms with Gasteiger partial charge in [-0.1, -0.05) is 60.7 Å². The van der Waals surface area contributed by atoms with E-state index in [4.69, 9.17) is 0 Å². The largest absolute Gasteiger partial charge is 0.354 e. The van der Waals surface area contributed by atoms with Gasteiger partial charge in [-0.05, 0) is 19.7 Å². The topological polar surface area (TPSA) is 45.2 Å². The zero-order valence-electron chi connectivity index (χ0n) is 15.1. The Morgan fingerprint density at radius 3 is 2.38 bits per heavy atom. The van der Waals surface area contributed by atoms with Gasteiger partial charge in [0, 0.05) is 17.5 Å². The molecule has 3 aromatic rings. The van der Waals surface area contributed by atoms with E-state index < -0.39 is 0 Å². The highest BCUT2D eigenvalue weighted by molar-refractivity contribution is 7.13. The first-order chi connectivity index (χ1) is 12.6. The van der Waals surface area contributed by atoms with Crippen LogP contribution in [0.2, 0.25) is 0 Å². The lowest BCUT2D eigenvalue weighted by Crippen LogP contribution is -2.35. The lowest BCUT2D eigenvalue weighted by Gasteiger charge is -2.25. The lowest BCUT2D eigenvalue weighted by atomic mass is 10.1. The molecule has 0 aliphatic rings. The van der Waals surface area contributed by atoms with Gasteiger partial charge >= 0.3 is 0 Å². The summed E-state index contributed by atoms with van der Waals surface area (Å²) in [4.78, 5) is 19.1. The van der Waals surface area contributed by atoms with Crippen molar-refractivity contribution in [2.24, 2.45) is 0 Å². The second-order valence-corrected chi connectivity index (χ2v) is 7.24. The van der Waals surface area contributed by atoms with E-state index in [1.165, 1.54) is 5.56 Å². The predicted molar refractivity (Wildman–Crippen MR) is 107 cm³/mol. The molecule has 0 bridgehead atoms. The van der Waals surface area contributed by atoms with Crippen LogP contribution < -0.4 is 5.32 Å². The summed E-state index contributed by atoms with van der Waals surface area (Å²) in [6.45, 7) is 0.575. The predicted octanol–water partition coefficient (Wildman–Crippen LogP) is 3.77. The molecule has 0 aliphatic carbocycles. The molecule has 3 rings (SSSR count). The summed E-state index contributed by atoms with van der Waals surface area (Å²) < 4.78 is 0. The van der Waals surface area contributed by atoms with E-state index in [0.29, 0.717) is 13.0 Å². The fourth-order valence-corrected chi connectivity index (χ4v) is 3.64. The van der Waals surface area contributed by atoms with Crippen LogP contribution in [0.4, 0.5) is 0 Å². The van der Waals surface area contributed by atoms with E-state index in [-0.39, 0.29) is 11.9 Å². The maximum atomic E-state index is 12.4. The molecule has 0 saturated heterocycles. The van der Waals surface area contributed by atoms with Gasteiger partial charge in [0.2, 0.25) is 5.91 Å². The van der Waals surface area contributed by atoms with Crippen LogP contribution in [0.3, 0.4) is 0 Å². The maximum Gasteiger partial charge on any atom is 0.226 e. The van der Waals surface area contributed by atoms with Crippen LogP contribution in [0.25, 0.3) is 10.6 Å². The highest BCUT2D eigenvalue weighted by Gasteiger charge is 2.15. The van der Waals surface area contributed by atoms with Crippen LogP contribution in [-0.2, 0) is 11.2 Å². The van der Waals surface area contributed by atoms with Crippen LogP contribution in [0.15, 0.2) is 66.0 Å². The Morgan fingerprint density at radius 1 is 1.08 bits per heavy atom. The normalized spacial score (nSPS) is 12.1. The highest BCUT2D eigenvalue weighted by Crippen LogP contribution is 2.23. The van der Waals surface area contributed by atoms with E-state index in [1.807, 2.05) is 68.0 Å². The Labute approximate surface area is 158 Å². The smallest absolute Gasteiger partial charge is 0.226 e. The zero-order valence-corrected chi connectivity index (χ0v) is 15.9. The van der Waals surface area contributed by atoms with E-state index in [1.54, 1.807) is 11.3 Å². The van der Waals surface area contributed by atoms with Gasteiger partial charge in [0.1, 0.15) is 5.01 Å². The summed E-state index contributed by atoms with van der Waals surface area (Å²) in [6.07, 6.45) is 0.304. The SMILES string of the molecule is CN(C)C(CNC(=O)Cc1csc(-c2ccccc2)n1)c1ccccc1. The Balaban J connectivity index is 1.58. The number of nitrogens with zero attached hydrogens (tertiary/aromatic N) is 2. The molecule has 0 saturated carbocycles. The van der Waals surface area contributed by atoms with Crippen LogP contribution in [0, 0.1) is 0 Å². The number of amides is 1. The standard InChI is InChI=1S/C21H23N3OS/c1-24(2)19(16-9-5-3-6-10-16)14-22-20(25)13-18-15-26-21(23-18)17-11-7-4-8-12-17/h3-12,15,19H,13-14H2,1-2H3,(H,22,25). The third-order valence-corrected chi connectivity index (χ3v) is 5.15. The number of hydrogen-bond acceptors (Lipinski definition) is 4. The van der Waals surface area contributed by atoms with Gasteiger partial charge in [-0.2, -0.15) is 0 Å². The van der Waals surface area contributed by atoms with Crippen molar-refractivity contribution in [2.75, 3.05) is 20.6 Å². The van der Waals surface area contributed by atoms with Crippen molar-refractivity contribution in [3.05, 3.63) is 77.3 Å². The first-order valence-corrected chi connectivity index (χ1v) is 9.49. The third-order valence-electron chi connectivity index (χ3n) is 4.21. The molecule has 1 N–H and O–H groups in total. The van der Waals surface area contributed by atoms with E-state index >= 15 is 0 Å². The second kappa shape index (κ2) is 8.74. The molecule has 0 aliphatic heterocycles. The monoisotopic (exact) mass is 365 g/mol. The minimum absolute atomic E-state index is 0.00214. The van der Waals surface area contributed by atoms with Crippen LogP contribution in [0.5, 0.6) is 0 Å². The van der Waals surface area contributed by atoms with Crippen molar-refractivity contribution in [2.45, 2.75) is 12.5 Å². The molecule has 0 fully saturated rings. The van der Waals surface area contributed by atoms with Gasteiger partial charge in [0.25, 0.3) is 0 Å². The Kier molecular flexibility index (Phi) is 6.15. The lowest BCUT2D eigenvalue weighted by molar-refractivity contribution is -0.120. The quantitative estimate of drug-likeness (QED) is 0.693. The van der Waals surface area contributed by atoms with E-state index in [2.05, 4.69) is 27.3 Å². The molecule has 134 valence electrons. The van der Waals surface area contributed by atoms with Crippen molar-refractivity contribution in [3.63, 3.8) is 0 Å². The molecular weight excluding hydrogens is 342 g/mol. The van der Waals surface area contributed by atoms with Crippen molar-refractivity contribution in [1.82, 2.24) is 15.2 Å². The highest BCUT2D eigenvalue weighted by atomic mass is 32.1. The minimum Gasteiger partial charge on any atom is -0.354 e. The zero-order chi connectivity index (χ0) is 18.4. The molecule has 2 aromatic carbocycles. The summed E-state index contributed by atoms with van der Waals surface area (Å²) in [7, 11) is 4.05. The number of carbonyl (C=O) groups excluding carboxylic acids is 1. The summed E-state index contributed by atoms with van der Waals surface area (Å²) in [5, 5.41) is 5.95. The Bertz CT molecular complexity index is 831. The summed E-state index contributed by atoms with van der Waals surface area (Å²) in [5.41, 5.74) is 3.09. The van der Waals surface area contributed by atoms with Gasteiger partial charge < -0.3 is 10.2 Å². The van der Waals surface area contributed by atoms with E-state index in [9.17, 15) is 4.79 Å². The molecule has 5 heteroatoms. The van der Waals surface area contributed by atoms with Gasteiger partial charge in [-0.3, -0.25) is 4.79 Å². The molecule has 0 spiro atoms. The molecule has 4 nitrogen and oxygen atoms in total. The number of nitrogens with one attached hydrogen (secondary N) is 1. The van der Waals surface area contributed by atoms with Gasteiger partial charge in [-0.15, -0.1) is 11.3 Å². The first-order valence-electron chi connectivity index (χ1n) is 8.61. The second-order valence-electron chi connectivity index (χ2n) is 6.38. The molecule has 1 unspecified atom stereocenters. The number of aromatic nitrogens is 1. The summed E-state index contributed by atoms with van der Waals surface area (Å²) in [6, 6.07) is 20.4. The fourth-order valence-electron chi connectivity index (χ4n) is 2.81. The van der Waals surface area contributed by atoms with Crippen molar-refractivity contribution >= 4 is 17.2 Å². The average molecular weight is 366 g/mol. The molecule has 0 radical (unpaired) electrons. The van der Waals surface area contributed by atoms with E-state index in [0.717, 1.165) is 16.3 Å². The number of likely N-dealkylation sites (N-methyl/N-ethyl adjacent to an activating group) is 1. The maximum absolute atomic E-state index is 12.4. The van der Waals surface area contributed by atoms with Crippen molar-refractivity contribution in [3.8, 4) is 10.6 Å². The number of benzene rings is 2. The molecule has 1 atom stereocenters. The average Bonchev–Trinajstić information content (AvgIpc) is 3.11. The van der Waals surface area contributed by atoms with Crippen LogP contribution >= 0.6 is 11.3 Å². The molecule has 1 heterocycles. The van der Waals surface area contributed by atoms with Crippen LogP contribution in [-0.4, -0.2) is 36.4 Å². The molecular formula is C21H23N3OS. The summed E-state index contributed by atoms with van der Waals surface area (Å²) >= 11 is 1.57. The number of thiazole rings is 1. The van der Waals surface area contributed by atoms with Gasteiger partial charge in [0.15, 0.2) is 0 Å². The molecule has 1 amide bonds. The van der Waals surface area contributed by atoms with Gasteiger partial charge in [-0.25, -0.2) is 4.98 Å². The van der Waals surface area contributed by atoms with Crippen molar-refractivity contribution < 1.29 is 4.79 Å². The molecule has 26 heavy (non-hydrogen) atoms. The van der Waals surface area contributed by atoms with Crippen LogP contribution in [0.1, 0.15) is 17.3 Å². The summed E-state index contributed by atoms with van der Waals surface area (Å²) in [5.74, 6) is -0.00214. The number of carbonyl (C=O) groups is 1. The third kappa shape index (κ3) is 4.77. The Hall–Kier alpha value is -2.50. The number of rotatable bonds is 7. The minimum atomic E-state index is -0.00214. The molecule has 1 aromatic heterocycles. The van der Waals surface area contributed by atoms with Crippen molar-refractivity contribution in [1.29, 1.82) is 0 Å². The fraction of sp³-hybridized carbons (Fsp3) is 0.238.